The van der Waals surface area contributed by atoms with E-state index in [1.165, 1.54) is 0 Å². The molecule has 0 saturated heterocycles. The van der Waals surface area contributed by atoms with Gasteiger partial charge in [0.05, 0.1) is 11.9 Å². The molecule has 10 heavy (non-hydrogen) atoms. The van der Waals surface area contributed by atoms with Crippen LogP contribution in [0.15, 0.2) is 0 Å². The SMILES string of the molecule is O=C(CS)OCC(O)CS. The number of carbonyl (C=O) groups excluding carboxylic acids is 1. The summed E-state index contributed by atoms with van der Waals surface area (Å²) in [6, 6.07) is 0. The first-order valence-electron chi connectivity index (χ1n) is 2.76. The van der Waals surface area contributed by atoms with E-state index >= 15 is 0 Å². The molecule has 1 atom stereocenters. The Labute approximate surface area is 70.6 Å². The molecule has 0 amide bonds. The van der Waals surface area contributed by atoms with E-state index in [-0.39, 0.29) is 12.4 Å². The highest BCUT2D eigenvalue weighted by molar-refractivity contribution is 7.81. The van der Waals surface area contributed by atoms with Crippen LogP contribution in [0.1, 0.15) is 0 Å². The minimum Gasteiger partial charge on any atom is -0.462 e. The van der Waals surface area contributed by atoms with E-state index in [1.54, 1.807) is 0 Å². The van der Waals surface area contributed by atoms with Gasteiger partial charge in [-0.3, -0.25) is 4.79 Å². The molecule has 0 rings (SSSR count). The smallest absolute Gasteiger partial charge is 0.315 e. The Hall–Kier alpha value is 0.130. The molecule has 0 radical (unpaired) electrons. The van der Waals surface area contributed by atoms with Gasteiger partial charge in [-0.2, -0.15) is 25.3 Å². The van der Waals surface area contributed by atoms with Crippen molar-refractivity contribution in [2.45, 2.75) is 6.10 Å². The van der Waals surface area contributed by atoms with E-state index in [1.807, 2.05) is 0 Å². The highest BCUT2D eigenvalue weighted by Gasteiger charge is 2.04. The van der Waals surface area contributed by atoms with Crippen molar-refractivity contribution in [3.8, 4) is 0 Å². The number of rotatable bonds is 4. The third-order valence-corrected chi connectivity index (χ3v) is 1.46. The van der Waals surface area contributed by atoms with E-state index in [2.05, 4.69) is 30.0 Å². The van der Waals surface area contributed by atoms with Crippen molar-refractivity contribution in [3.05, 3.63) is 0 Å². The van der Waals surface area contributed by atoms with Crippen LogP contribution in [0.2, 0.25) is 0 Å². The van der Waals surface area contributed by atoms with Crippen molar-refractivity contribution in [3.63, 3.8) is 0 Å². The second kappa shape index (κ2) is 5.88. The van der Waals surface area contributed by atoms with Gasteiger partial charge in [-0.15, -0.1) is 0 Å². The summed E-state index contributed by atoms with van der Waals surface area (Å²) in [4.78, 5) is 10.4. The Balaban J connectivity index is 3.26. The number of hydrogen-bond acceptors (Lipinski definition) is 5. The molecule has 0 heterocycles. The number of carbonyl (C=O) groups is 1. The van der Waals surface area contributed by atoms with Crippen molar-refractivity contribution in [2.75, 3.05) is 18.1 Å². The highest BCUT2D eigenvalue weighted by atomic mass is 32.1. The van der Waals surface area contributed by atoms with Crippen molar-refractivity contribution in [1.82, 2.24) is 0 Å². The highest BCUT2D eigenvalue weighted by Crippen LogP contribution is 1.89. The zero-order valence-electron chi connectivity index (χ0n) is 5.36. The lowest BCUT2D eigenvalue weighted by atomic mass is 10.4. The molecule has 1 unspecified atom stereocenters. The first-order chi connectivity index (χ1) is 4.70. The number of aliphatic hydroxyl groups is 1. The summed E-state index contributed by atoms with van der Waals surface area (Å²) in [7, 11) is 0. The van der Waals surface area contributed by atoms with E-state index in [9.17, 15) is 4.79 Å². The van der Waals surface area contributed by atoms with E-state index in [4.69, 9.17) is 5.11 Å². The molecule has 0 aliphatic heterocycles. The summed E-state index contributed by atoms with van der Waals surface area (Å²) >= 11 is 7.46. The van der Waals surface area contributed by atoms with Gasteiger partial charge in [0.25, 0.3) is 0 Å². The molecule has 5 heteroatoms. The largest absolute Gasteiger partial charge is 0.462 e. The van der Waals surface area contributed by atoms with Crippen LogP contribution >= 0.6 is 25.3 Å². The van der Waals surface area contributed by atoms with Crippen molar-refractivity contribution < 1.29 is 14.6 Å². The Kier molecular flexibility index (Phi) is 5.96. The van der Waals surface area contributed by atoms with Gasteiger partial charge in [0.1, 0.15) is 6.61 Å². The summed E-state index contributed by atoms with van der Waals surface area (Å²) in [6.07, 6.45) is -0.674. The van der Waals surface area contributed by atoms with Gasteiger partial charge in [-0.05, 0) is 0 Å². The Morgan fingerprint density at radius 1 is 1.60 bits per heavy atom. The van der Waals surface area contributed by atoms with Gasteiger partial charge in [-0.1, -0.05) is 0 Å². The van der Waals surface area contributed by atoms with Crippen LogP contribution in [-0.4, -0.2) is 35.3 Å². The number of hydrogen-bond donors (Lipinski definition) is 3. The van der Waals surface area contributed by atoms with Crippen LogP contribution in [0, 0.1) is 0 Å². The van der Waals surface area contributed by atoms with Crippen LogP contribution < -0.4 is 0 Å². The average molecular weight is 182 g/mol. The molecule has 0 aliphatic carbocycles. The summed E-state index contributed by atoms with van der Waals surface area (Å²) in [5.74, 6) is -0.0942. The minimum absolute atomic E-state index is 0.00287. The molecule has 0 aromatic rings. The lowest BCUT2D eigenvalue weighted by Crippen LogP contribution is -2.20. The molecular formula is C5H10O3S2. The topological polar surface area (TPSA) is 46.5 Å². The predicted molar refractivity (Wildman–Crippen MR) is 44.7 cm³/mol. The Morgan fingerprint density at radius 3 is 2.60 bits per heavy atom. The molecule has 0 spiro atoms. The van der Waals surface area contributed by atoms with Crippen LogP contribution in [0.3, 0.4) is 0 Å². The van der Waals surface area contributed by atoms with Gasteiger partial charge in [0, 0.05) is 5.75 Å². The van der Waals surface area contributed by atoms with Crippen LogP contribution in [-0.2, 0) is 9.53 Å². The lowest BCUT2D eigenvalue weighted by molar-refractivity contribution is -0.142. The maximum atomic E-state index is 10.4. The van der Waals surface area contributed by atoms with Gasteiger partial charge < -0.3 is 9.84 Å². The second-order valence-electron chi connectivity index (χ2n) is 1.68. The zero-order valence-corrected chi connectivity index (χ0v) is 7.15. The van der Waals surface area contributed by atoms with E-state index in [0.29, 0.717) is 5.75 Å². The van der Waals surface area contributed by atoms with Gasteiger partial charge in [0.2, 0.25) is 0 Å². The minimum atomic E-state index is -0.674. The zero-order chi connectivity index (χ0) is 7.98. The maximum absolute atomic E-state index is 10.4. The Bertz CT molecular complexity index is 107. The fourth-order valence-electron chi connectivity index (χ4n) is 0.287. The van der Waals surface area contributed by atoms with Crippen LogP contribution in [0.5, 0.6) is 0 Å². The van der Waals surface area contributed by atoms with E-state index in [0.717, 1.165) is 0 Å². The number of aliphatic hydroxyl groups excluding tert-OH is 1. The summed E-state index contributed by atoms with van der Waals surface area (Å²) < 4.78 is 4.53. The molecule has 0 aromatic carbocycles. The number of ether oxygens (including phenoxy) is 1. The molecular weight excluding hydrogens is 172 g/mol. The van der Waals surface area contributed by atoms with Crippen molar-refractivity contribution >= 4 is 31.2 Å². The molecule has 0 fully saturated rings. The normalized spacial score (nSPS) is 12.7. The monoisotopic (exact) mass is 182 g/mol. The maximum Gasteiger partial charge on any atom is 0.315 e. The average Bonchev–Trinajstić information content (AvgIpc) is 1.99. The standard InChI is InChI=1S/C5H10O3S2/c6-4(2-9)1-8-5(7)3-10/h4,6,9-10H,1-3H2. The van der Waals surface area contributed by atoms with Gasteiger partial charge >= 0.3 is 5.97 Å². The third kappa shape index (κ3) is 4.96. The first-order valence-corrected chi connectivity index (χ1v) is 4.02. The first kappa shape index (κ1) is 10.1. The van der Waals surface area contributed by atoms with Crippen molar-refractivity contribution in [2.24, 2.45) is 0 Å². The lowest BCUT2D eigenvalue weighted by Gasteiger charge is -2.06. The van der Waals surface area contributed by atoms with Gasteiger partial charge in [-0.25, -0.2) is 0 Å². The molecule has 0 bridgehead atoms. The molecule has 60 valence electrons. The van der Waals surface area contributed by atoms with Crippen LogP contribution in [0.4, 0.5) is 0 Å². The molecule has 0 aromatic heterocycles. The van der Waals surface area contributed by atoms with E-state index < -0.39 is 12.1 Å². The Morgan fingerprint density at radius 2 is 2.20 bits per heavy atom. The van der Waals surface area contributed by atoms with Crippen molar-refractivity contribution in [1.29, 1.82) is 0 Å². The molecule has 0 aliphatic rings. The summed E-state index contributed by atoms with van der Waals surface area (Å²) in [6.45, 7) is 0.00287. The second-order valence-corrected chi connectivity index (χ2v) is 2.36. The van der Waals surface area contributed by atoms with Crippen LogP contribution in [0.25, 0.3) is 0 Å². The predicted octanol–water partition coefficient (Wildman–Crippen LogP) is -0.250. The number of esters is 1. The summed E-state index contributed by atoms with van der Waals surface area (Å²) in [5, 5.41) is 8.82. The molecule has 3 nitrogen and oxygen atoms in total. The van der Waals surface area contributed by atoms with Gasteiger partial charge in [0.15, 0.2) is 0 Å². The fraction of sp³-hybridized carbons (Fsp3) is 0.800. The third-order valence-electron chi connectivity index (χ3n) is 0.777. The fourth-order valence-corrected chi connectivity index (χ4v) is 0.484. The molecule has 1 N–H and O–H groups in total. The number of thiol groups is 2. The quantitative estimate of drug-likeness (QED) is 0.415. The molecule has 0 saturated carbocycles. The summed E-state index contributed by atoms with van der Waals surface area (Å²) in [5.41, 5.74) is 0.